The van der Waals surface area contributed by atoms with E-state index in [0.29, 0.717) is 0 Å². The normalized spacial score (nSPS) is 13.3. The lowest BCUT2D eigenvalue weighted by molar-refractivity contribution is 0.355. The van der Waals surface area contributed by atoms with E-state index in [2.05, 4.69) is 45.6 Å². The molecule has 1 aliphatic rings. The summed E-state index contributed by atoms with van der Waals surface area (Å²) in [4.78, 5) is 0. The third-order valence-electron chi connectivity index (χ3n) is 6.05. The van der Waals surface area contributed by atoms with Gasteiger partial charge in [0.05, 0.1) is 27.0 Å². The van der Waals surface area contributed by atoms with Gasteiger partial charge in [-0.2, -0.15) is 0 Å². The van der Waals surface area contributed by atoms with Crippen LogP contribution in [0.4, 0.5) is 0 Å². The molecule has 0 fully saturated rings. The number of hydrogen-bond donors (Lipinski definition) is 0. The van der Waals surface area contributed by atoms with Crippen LogP contribution < -0.4 is 14.2 Å². The molecular weight excluding hydrogens is 376 g/mol. The Morgan fingerprint density at radius 3 is 2.27 bits per heavy atom. The summed E-state index contributed by atoms with van der Waals surface area (Å²) in [5, 5.41) is 0. The summed E-state index contributed by atoms with van der Waals surface area (Å²) >= 11 is 0. The van der Waals surface area contributed by atoms with Crippen molar-refractivity contribution in [3.8, 4) is 39.6 Å². The summed E-state index contributed by atoms with van der Waals surface area (Å²) in [5.74, 6) is 2.39. The van der Waals surface area contributed by atoms with Crippen molar-refractivity contribution in [3.05, 3.63) is 60.4 Å². The van der Waals surface area contributed by atoms with Crippen LogP contribution in [0.3, 0.4) is 0 Å². The lowest BCUT2D eigenvalue weighted by Crippen LogP contribution is -1.99. The summed E-state index contributed by atoms with van der Waals surface area (Å²) in [6.45, 7) is 1.03. The Morgan fingerprint density at radius 2 is 1.53 bits per heavy atom. The van der Waals surface area contributed by atoms with Crippen LogP contribution in [0, 0.1) is 0 Å². The highest BCUT2D eigenvalue weighted by Gasteiger charge is 2.22. The van der Waals surface area contributed by atoms with Gasteiger partial charge in [-0.3, -0.25) is 0 Å². The van der Waals surface area contributed by atoms with E-state index in [0.717, 1.165) is 35.8 Å². The fourth-order valence-corrected chi connectivity index (χ4v) is 4.56. The van der Waals surface area contributed by atoms with Gasteiger partial charge >= 0.3 is 0 Å². The fourth-order valence-electron chi connectivity index (χ4n) is 4.56. The van der Waals surface area contributed by atoms with Crippen LogP contribution in [-0.2, 0) is 13.0 Å². The monoisotopic (exact) mass is 402 g/mol. The molecule has 1 aliphatic heterocycles. The highest BCUT2D eigenvalue weighted by molar-refractivity contribution is 5.79. The van der Waals surface area contributed by atoms with Gasteiger partial charge in [0, 0.05) is 30.1 Å². The molecule has 0 bridgehead atoms. The SMILES string of the molecule is COc1ccc(-c2cn3cc(-c4ccc(OC)c(OC)c4)c4c3n2CCCC4)cc1. The van der Waals surface area contributed by atoms with E-state index in [1.165, 1.54) is 40.9 Å². The number of imidazole rings is 1. The Hall–Kier alpha value is -3.34. The number of benzene rings is 2. The number of ether oxygens (including phenoxy) is 3. The summed E-state index contributed by atoms with van der Waals surface area (Å²) < 4.78 is 21.0. The first-order valence-corrected chi connectivity index (χ1v) is 10.3. The summed E-state index contributed by atoms with van der Waals surface area (Å²) in [7, 11) is 5.05. The Balaban J connectivity index is 1.66. The molecule has 0 saturated carbocycles. The van der Waals surface area contributed by atoms with Crippen molar-refractivity contribution < 1.29 is 14.2 Å². The molecule has 0 saturated heterocycles. The predicted molar refractivity (Wildman–Crippen MR) is 119 cm³/mol. The second-order valence-electron chi connectivity index (χ2n) is 7.67. The molecule has 2 aromatic carbocycles. The number of methoxy groups -OCH3 is 3. The predicted octanol–water partition coefficient (Wildman–Crippen LogP) is 5.44. The molecule has 5 heteroatoms. The van der Waals surface area contributed by atoms with Gasteiger partial charge in [0.1, 0.15) is 11.4 Å². The zero-order valence-corrected chi connectivity index (χ0v) is 17.6. The number of nitrogens with zero attached hydrogens (tertiary/aromatic N) is 2. The van der Waals surface area contributed by atoms with Crippen molar-refractivity contribution in [2.75, 3.05) is 21.3 Å². The average molecular weight is 402 g/mol. The molecule has 0 amide bonds. The van der Waals surface area contributed by atoms with Gasteiger partial charge in [-0.1, -0.05) is 6.07 Å². The van der Waals surface area contributed by atoms with Crippen molar-refractivity contribution in [3.63, 3.8) is 0 Å². The van der Waals surface area contributed by atoms with Crippen LogP contribution in [-0.4, -0.2) is 30.3 Å². The van der Waals surface area contributed by atoms with E-state index in [4.69, 9.17) is 14.2 Å². The first kappa shape index (κ1) is 18.7. The van der Waals surface area contributed by atoms with Gasteiger partial charge in [0.15, 0.2) is 11.5 Å². The van der Waals surface area contributed by atoms with Crippen LogP contribution in [0.2, 0.25) is 0 Å². The van der Waals surface area contributed by atoms with Gasteiger partial charge < -0.3 is 23.2 Å². The molecule has 0 aliphatic carbocycles. The lowest BCUT2D eigenvalue weighted by Gasteiger charge is -2.11. The van der Waals surface area contributed by atoms with Crippen molar-refractivity contribution in [1.29, 1.82) is 0 Å². The van der Waals surface area contributed by atoms with Gasteiger partial charge in [-0.25, -0.2) is 0 Å². The first-order chi connectivity index (χ1) is 14.7. The average Bonchev–Trinajstić information content (AvgIpc) is 3.23. The van der Waals surface area contributed by atoms with Crippen LogP contribution in [0.15, 0.2) is 54.9 Å². The Bertz CT molecular complexity index is 1200. The zero-order chi connectivity index (χ0) is 20.7. The largest absolute Gasteiger partial charge is 0.497 e. The standard InChI is InChI=1S/C25H26N2O3/c1-28-19-10-7-17(8-11-19)22-16-26-15-21(20-6-4-5-13-27(22)25(20)26)18-9-12-23(29-2)24(14-18)30-3/h7-12,14-16H,4-6,13H2,1-3H3. The maximum absolute atomic E-state index is 5.54. The van der Waals surface area contributed by atoms with E-state index in [-0.39, 0.29) is 0 Å². The molecule has 4 aromatic rings. The molecule has 2 aromatic heterocycles. The summed E-state index contributed by atoms with van der Waals surface area (Å²) in [5.41, 5.74) is 7.57. The van der Waals surface area contributed by atoms with Crippen molar-refractivity contribution in [2.45, 2.75) is 25.8 Å². The molecule has 154 valence electrons. The van der Waals surface area contributed by atoms with E-state index in [1.54, 1.807) is 21.3 Å². The maximum Gasteiger partial charge on any atom is 0.161 e. The topological polar surface area (TPSA) is 37.0 Å². The number of aromatic nitrogens is 2. The van der Waals surface area contributed by atoms with Crippen LogP contribution in [0.1, 0.15) is 18.4 Å². The van der Waals surface area contributed by atoms with E-state index >= 15 is 0 Å². The first-order valence-electron chi connectivity index (χ1n) is 10.3. The van der Waals surface area contributed by atoms with E-state index < -0.39 is 0 Å². The molecule has 5 rings (SSSR count). The second-order valence-corrected chi connectivity index (χ2v) is 7.67. The maximum atomic E-state index is 5.54. The molecule has 30 heavy (non-hydrogen) atoms. The molecule has 0 atom stereocenters. The van der Waals surface area contributed by atoms with Crippen molar-refractivity contribution in [2.24, 2.45) is 0 Å². The highest BCUT2D eigenvalue weighted by Crippen LogP contribution is 2.39. The second kappa shape index (κ2) is 7.48. The van der Waals surface area contributed by atoms with Gasteiger partial charge in [0.25, 0.3) is 0 Å². The minimum absolute atomic E-state index is 0.752. The number of rotatable bonds is 5. The lowest BCUT2D eigenvalue weighted by atomic mass is 10.0. The molecule has 0 spiro atoms. The summed E-state index contributed by atoms with van der Waals surface area (Å²) in [6, 6.07) is 14.5. The Labute approximate surface area is 176 Å². The van der Waals surface area contributed by atoms with Crippen molar-refractivity contribution in [1.82, 2.24) is 8.97 Å². The molecule has 0 N–H and O–H groups in total. The summed E-state index contributed by atoms with van der Waals surface area (Å²) in [6.07, 6.45) is 7.93. The minimum atomic E-state index is 0.752. The third kappa shape index (κ3) is 2.93. The molecule has 0 unspecified atom stereocenters. The minimum Gasteiger partial charge on any atom is -0.497 e. The number of aryl methyl sites for hydroxylation is 2. The third-order valence-corrected chi connectivity index (χ3v) is 6.05. The van der Waals surface area contributed by atoms with Gasteiger partial charge in [0.2, 0.25) is 0 Å². The van der Waals surface area contributed by atoms with Crippen molar-refractivity contribution >= 4 is 5.65 Å². The van der Waals surface area contributed by atoms with Gasteiger partial charge in [-0.05, 0) is 66.8 Å². The fraction of sp³-hybridized carbons (Fsp3) is 0.280. The number of hydrogen-bond acceptors (Lipinski definition) is 3. The van der Waals surface area contributed by atoms with E-state index in [1.807, 2.05) is 18.2 Å². The van der Waals surface area contributed by atoms with Crippen LogP contribution in [0.25, 0.3) is 28.0 Å². The smallest absolute Gasteiger partial charge is 0.161 e. The van der Waals surface area contributed by atoms with E-state index in [9.17, 15) is 0 Å². The quantitative estimate of drug-likeness (QED) is 0.446. The molecule has 3 heterocycles. The Kier molecular flexibility index (Phi) is 4.66. The highest BCUT2D eigenvalue weighted by atomic mass is 16.5. The Morgan fingerprint density at radius 1 is 0.767 bits per heavy atom. The molecular formula is C25H26N2O3. The molecule has 5 nitrogen and oxygen atoms in total. The molecule has 0 radical (unpaired) electrons. The zero-order valence-electron chi connectivity index (χ0n) is 17.6. The van der Waals surface area contributed by atoms with Gasteiger partial charge in [-0.15, -0.1) is 0 Å². The van der Waals surface area contributed by atoms with Crippen LogP contribution >= 0.6 is 0 Å². The van der Waals surface area contributed by atoms with Crippen LogP contribution in [0.5, 0.6) is 17.2 Å².